The summed E-state index contributed by atoms with van der Waals surface area (Å²) in [7, 11) is 2.13. The van der Waals surface area contributed by atoms with E-state index in [-0.39, 0.29) is 6.10 Å². The molecule has 1 aliphatic rings. The summed E-state index contributed by atoms with van der Waals surface area (Å²) in [5.41, 5.74) is 3.85. The van der Waals surface area contributed by atoms with Crippen molar-refractivity contribution in [1.82, 2.24) is 29.2 Å². The molecule has 5 rings (SSSR count). The summed E-state index contributed by atoms with van der Waals surface area (Å²) in [4.78, 5) is 6.74. The number of hydrogen-bond acceptors (Lipinski definition) is 7. The lowest BCUT2D eigenvalue weighted by atomic mass is 10.1. The number of aryl methyl sites for hydroxylation is 1. The molecule has 0 N–H and O–H groups in total. The summed E-state index contributed by atoms with van der Waals surface area (Å²) < 4.78 is 10.4. The standard InChI is InChI=1S/C25H30N6OS2/c1-19-7-3-4-8-20(19)18-34-25-28-27-23(31(25)16-22-10-6-13-32-22)17-29(2)15-21-9-5-12-30(21)24-26-11-14-33-24/h3-5,7-9,11-12,14,22H,6,10,13,15-18H2,1-2H3. The van der Waals surface area contributed by atoms with E-state index in [2.05, 4.69) is 85.8 Å². The Morgan fingerprint density at radius 3 is 2.88 bits per heavy atom. The molecule has 4 aromatic rings. The van der Waals surface area contributed by atoms with Crippen molar-refractivity contribution in [2.75, 3.05) is 13.7 Å². The van der Waals surface area contributed by atoms with Gasteiger partial charge < -0.3 is 9.30 Å². The summed E-state index contributed by atoms with van der Waals surface area (Å²) in [6.45, 7) is 5.33. The van der Waals surface area contributed by atoms with Crippen molar-refractivity contribution in [1.29, 1.82) is 0 Å². The fourth-order valence-electron chi connectivity index (χ4n) is 4.27. The van der Waals surface area contributed by atoms with Crippen molar-refractivity contribution in [3.8, 4) is 5.13 Å². The van der Waals surface area contributed by atoms with Crippen LogP contribution in [0.3, 0.4) is 0 Å². The summed E-state index contributed by atoms with van der Waals surface area (Å²) >= 11 is 3.40. The lowest BCUT2D eigenvalue weighted by Gasteiger charge is -2.19. The quantitative estimate of drug-likeness (QED) is 0.291. The van der Waals surface area contributed by atoms with Gasteiger partial charge in [-0.25, -0.2) is 4.98 Å². The smallest absolute Gasteiger partial charge is 0.193 e. The second-order valence-electron chi connectivity index (χ2n) is 8.72. The topological polar surface area (TPSA) is 61.0 Å². The van der Waals surface area contributed by atoms with Crippen molar-refractivity contribution >= 4 is 23.1 Å². The predicted octanol–water partition coefficient (Wildman–Crippen LogP) is 4.94. The zero-order valence-electron chi connectivity index (χ0n) is 19.6. The van der Waals surface area contributed by atoms with Gasteiger partial charge in [-0.15, -0.1) is 21.5 Å². The lowest BCUT2D eigenvalue weighted by Crippen LogP contribution is -2.24. The minimum atomic E-state index is 0.236. The molecular formula is C25H30N6OS2. The van der Waals surface area contributed by atoms with E-state index in [1.54, 1.807) is 23.1 Å². The van der Waals surface area contributed by atoms with Crippen LogP contribution in [0.2, 0.25) is 0 Å². The third-order valence-electron chi connectivity index (χ3n) is 6.12. The van der Waals surface area contributed by atoms with Crippen molar-refractivity contribution in [2.24, 2.45) is 0 Å². The number of nitrogens with zero attached hydrogens (tertiary/aromatic N) is 6. The van der Waals surface area contributed by atoms with E-state index >= 15 is 0 Å². The molecule has 1 saturated heterocycles. The highest BCUT2D eigenvalue weighted by molar-refractivity contribution is 7.98. The molecule has 9 heteroatoms. The van der Waals surface area contributed by atoms with Gasteiger partial charge in [0.05, 0.1) is 19.2 Å². The number of benzene rings is 1. The summed E-state index contributed by atoms with van der Waals surface area (Å²) in [5, 5.41) is 13.2. The van der Waals surface area contributed by atoms with Crippen LogP contribution in [0.4, 0.5) is 0 Å². The van der Waals surface area contributed by atoms with Crippen LogP contribution in [-0.2, 0) is 30.1 Å². The maximum absolute atomic E-state index is 5.96. The summed E-state index contributed by atoms with van der Waals surface area (Å²) in [5.74, 6) is 1.87. The van der Waals surface area contributed by atoms with Gasteiger partial charge in [-0.2, -0.15) is 0 Å². The first-order valence-electron chi connectivity index (χ1n) is 11.6. The van der Waals surface area contributed by atoms with Crippen LogP contribution in [0.1, 0.15) is 35.5 Å². The van der Waals surface area contributed by atoms with E-state index in [4.69, 9.17) is 4.74 Å². The number of rotatable bonds is 10. The average Bonchev–Trinajstić information content (AvgIpc) is 3.63. The highest BCUT2D eigenvalue weighted by Gasteiger charge is 2.22. The molecule has 0 amide bonds. The van der Waals surface area contributed by atoms with Gasteiger partial charge in [-0.3, -0.25) is 9.47 Å². The van der Waals surface area contributed by atoms with Crippen LogP contribution >= 0.6 is 23.1 Å². The summed E-state index contributed by atoms with van der Waals surface area (Å²) in [6.07, 6.45) is 6.37. The normalized spacial score (nSPS) is 16.0. The molecule has 1 unspecified atom stereocenters. The Kier molecular flexibility index (Phi) is 7.44. The van der Waals surface area contributed by atoms with Crippen molar-refractivity contribution in [3.05, 3.63) is 76.8 Å². The maximum atomic E-state index is 5.96. The molecule has 1 atom stereocenters. The highest BCUT2D eigenvalue weighted by atomic mass is 32.2. The van der Waals surface area contributed by atoms with E-state index in [0.29, 0.717) is 6.54 Å². The SMILES string of the molecule is Cc1ccccc1CSc1nnc(CN(C)Cc2cccn2-c2nccs2)n1CC1CCCO1. The first-order chi connectivity index (χ1) is 16.7. The molecule has 0 spiro atoms. The largest absolute Gasteiger partial charge is 0.376 e. The van der Waals surface area contributed by atoms with Crippen molar-refractivity contribution in [3.63, 3.8) is 0 Å². The number of hydrogen-bond donors (Lipinski definition) is 0. The highest BCUT2D eigenvalue weighted by Crippen LogP contribution is 2.26. The average molecular weight is 495 g/mol. The first-order valence-corrected chi connectivity index (χ1v) is 13.5. The molecule has 178 valence electrons. The second-order valence-corrected chi connectivity index (χ2v) is 10.5. The molecule has 1 aliphatic heterocycles. The molecular weight excluding hydrogens is 464 g/mol. The van der Waals surface area contributed by atoms with Crippen molar-refractivity contribution < 1.29 is 4.74 Å². The lowest BCUT2D eigenvalue weighted by molar-refractivity contribution is 0.0934. The minimum absolute atomic E-state index is 0.236. The van der Waals surface area contributed by atoms with Gasteiger partial charge in [-0.05, 0) is 50.1 Å². The Bertz CT molecular complexity index is 1200. The fraction of sp³-hybridized carbons (Fsp3) is 0.400. The zero-order chi connectivity index (χ0) is 23.3. The number of thioether (sulfide) groups is 1. The van der Waals surface area contributed by atoms with E-state index in [1.807, 2.05) is 11.6 Å². The maximum Gasteiger partial charge on any atom is 0.193 e. The Labute approximate surface area is 208 Å². The molecule has 0 saturated carbocycles. The second kappa shape index (κ2) is 10.9. The van der Waals surface area contributed by atoms with Gasteiger partial charge in [0.2, 0.25) is 0 Å². The molecule has 34 heavy (non-hydrogen) atoms. The molecule has 1 aromatic carbocycles. The first kappa shape index (κ1) is 23.3. The Morgan fingerprint density at radius 1 is 1.18 bits per heavy atom. The summed E-state index contributed by atoms with van der Waals surface area (Å²) in [6, 6.07) is 12.8. The van der Waals surface area contributed by atoms with Crippen molar-refractivity contribution in [2.45, 2.75) is 56.4 Å². The molecule has 7 nitrogen and oxygen atoms in total. The van der Waals surface area contributed by atoms with Crippen LogP contribution in [0.25, 0.3) is 5.13 Å². The van der Waals surface area contributed by atoms with Gasteiger partial charge in [0, 0.05) is 42.4 Å². The zero-order valence-corrected chi connectivity index (χ0v) is 21.3. The van der Waals surface area contributed by atoms with Gasteiger partial charge >= 0.3 is 0 Å². The van der Waals surface area contributed by atoms with Crippen LogP contribution < -0.4 is 0 Å². The van der Waals surface area contributed by atoms with Crippen LogP contribution in [0, 0.1) is 6.92 Å². The Balaban J connectivity index is 1.31. The van der Waals surface area contributed by atoms with E-state index in [0.717, 1.165) is 54.4 Å². The van der Waals surface area contributed by atoms with Gasteiger partial charge in [0.1, 0.15) is 5.82 Å². The van der Waals surface area contributed by atoms with E-state index in [1.165, 1.54) is 16.8 Å². The van der Waals surface area contributed by atoms with Gasteiger partial charge in [0.15, 0.2) is 10.3 Å². The number of aromatic nitrogens is 5. The Hall–Kier alpha value is -2.46. The minimum Gasteiger partial charge on any atom is -0.376 e. The molecule has 4 heterocycles. The molecule has 3 aromatic heterocycles. The third kappa shape index (κ3) is 5.43. The number of ether oxygens (including phenoxy) is 1. The Morgan fingerprint density at radius 2 is 2.09 bits per heavy atom. The molecule has 1 fully saturated rings. The van der Waals surface area contributed by atoms with Crippen LogP contribution in [-0.4, -0.2) is 49.0 Å². The monoisotopic (exact) mass is 494 g/mol. The van der Waals surface area contributed by atoms with Crippen LogP contribution in [0.15, 0.2) is 59.3 Å². The third-order valence-corrected chi connectivity index (χ3v) is 7.91. The predicted molar refractivity (Wildman–Crippen MR) is 136 cm³/mol. The molecule has 0 aliphatic carbocycles. The molecule has 0 bridgehead atoms. The molecule has 0 radical (unpaired) electrons. The fourth-order valence-corrected chi connectivity index (χ4v) is 5.97. The van der Waals surface area contributed by atoms with E-state index < -0.39 is 0 Å². The number of thiazole rings is 1. The van der Waals surface area contributed by atoms with E-state index in [9.17, 15) is 0 Å². The van der Waals surface area contributed by atoms with Crippen LogP contribution in [0.5, 0.6) is 0 Å². The van der Waals surface area contributed by atoms with Gasteiger partial charge in [0.25, 0.3) is 0 Å². The van der Waals surface area contributed by atoms with Gasteiger partial charge in [-0.1, -0.05) is 36.0 Å².